The van der Waals surface area contributed by atoms with E-state index in [4.69, 9.17) is 5.26 Å². The molecule has 2 rings (SSSR count). The SMILES string of the molecule is CC(Nc1ccc([N+](=O)[O-])cc1C#N)c1ccccc1F. The zero-order valence-electron chi connectivity index (χ0n) is 11.2. The fourth-order valence-electron chi connectivity index (χ4n) is 2.00. The Hall–Kier alpha value is -2.94. The van der Waals surface area contributed by atoms with Crippen LogP contribution in [0.2, 0.25) is 0 Å². The number of nitro groups is 1. The molecule has 2 aromatic carbocycles. The summed E-state index contributed by atoms with van der Waals surface area (Å²) in [6, 6.07) is 11.8. The fourth-order valence-corrected chi connectivity index (χ4v) is 2.00. The van der Waals surface area contributed by atoms with E-state index in [-0.39, 0.29) is 23.1 Å². The molecule has 0 saturated heterocycles. The second kappa shape index (κ2) is 6.01. The number of halogens is 1. The summed E-state index contributed by atoms with van der Waals surface area (Å²) >= 11 is 0. The molecule has 5 nitrogen and oxygen atoms in total. The van der Waals surface area contributed by atoms with Crippen molar-refractivity contribution in [3.63, 3.8) is 0 Å². The van der Waals surface area contributed by atoms with E-state index in [0.717, 1.165) is 0 Å². The van der Waals surface area contributed by atoms with E-state index in [1.807, 2.05) is 6.07 Å². The number of nitrogens with one attached hydrogen (secondary N) is 1. The molecule has 6 heteroatoms. The Morgan fingerprint density at radius 1 is 1.33 bits per heavy atom. The van der Waals surface area contributed by atoms with Crippen LogP contribution in [0.25, 0.3) is 0 Å². The first kappa shape index (κ1) is 14.5. The molecule has 106 valence electrons. The maximum absolute atomic E-state index is 13.7. The van der Waals surface area contributed by atoms with Crippen molar-refractivity contribution in [2.75, 3.05) is 5.32 Å². The molecule has 0 radical (unpaired) electrons. The Bertz CT molecular complexity index is 725. The summed E-state index contributed by atoms with van der Waals surface area (Å²) < 4.78 is 13.7. The normalized spacial score (nSPS) is 11.5. The molecule has 0 fully saturated rings. The molecule has 0 saturated carbocycles. The third-order valence-corrected chi connectivity index (χ3v) is 3.08. The molecule has 0 aliphatic carbocycles. The lowest BCUT2D eigenvalue weighted by molar-refractivity contribution is -0.384. The molecule has 2 aromatic rings. The van der Waals surface area contributed by atoms with Gasteiger partial charge in [-0.15, -0.1) is 0 Å². The Kier molecular flexibility index (Phi) is 4.14. The first-order valence-electron chi connectivity index (χ1n) is 6.22. The van der Waals surface area contributed by atoms with Crippen LogP contribution in [0.15, 0.2) is 42.5 Å². The van der Waals surface area contributed by atoms with Gasteiger partial charge in [0.1, 0.15) is 11.9 Å². The molecule has 0 aliphatic rings. The van der Waals surface area contributed by atoms with E-state index in [0.29, 0.717) is 11.3 Å². The summed E-state index contributed by atoms with van der Waals surface area (Å²) in [7, 11) is 0. The Balaban J connectivity index is 2.30. The second-order valence-corrected chi connectivity index (χ2v) is 4.49. The zero-order chi connectivity index (χ0) is 15.4. The average Bonchev–Trinajstić information content (AvgIpc) is 2.47. The van der Waals surface area contributed by atoms with Crippen LogP contribution < -0.4 is 5.32 Å². The summed E-state index contributed by atoms with van der Waals surface area (Å²) in [5, 5.41) is 22.8. The van der Waals surface area contributed by atoms with Crippen molar-refractivity contribution in [3.8, 4) is 6.07 Å². The lowest BCUT2D eigenvalue weighted by Gasteiger charge is -2.17. The number of hydrogen-bond acceptors (Lipinski definition) is 4. The molecule has 0 amide bonds. The minimum absolute atomic E-state index is 0.146. The summed E-state index contributed by atoms with van der Waals surface area (Å²) in [5.74, 6) is -0.349. The topological polar surface area (TPSA) is 79.0 Å². The number of hydrogen-bond donors (Lipinski definition) is 1. The molecule has 0 spiro atoms. The number of nitrogens with zero attached hydrogens (tertiary/aromatic N) is 2. The molecule has 21 heavy (non-hydrogen) atoms. The van der Waals surface area contributed by atoms with Gasteiger partial charge < -0.3 is 5.32 Å². The number of nitriles is 1. The Morgan fingerprint density at radius 2 is 2.05 bits per heavy atom. The van der Waals surface area contributed by atoms with E-state index < -0.39 is 4.92 Å². The number of nitro benzene ring substituents is 1. The minimum Gasteiger partial charge on any atom is -0.377 e. The molecule has 1 N–H and O–H groups in total. The number of rotatable bonds is 4. The van der Waals surface area contributed by atoms with E-state index in [1.54, 1.807) is 25.1 Å². The summed E-state index contributed by atoms with van der Waals surface area (Å²) in [5.41, 5.74) is 0.877. The fraction of sp³-hybridized carbons (Fsp3) is 0.133. The predicted molar refractivity (Wildman–Crippen MR) is 76.2 cm³/mol. The van der Waals surface area contributed by atoms with Gasteiger partial charge in [-0.05, 0) is 19.1 Å². The molecular weight excluding hydrogens is 273 g/mol. The predicted octanol–water partition coefficient (Wildman–Crippen LogP) is 3.78. The van der Waals surface area contributed by atoms with Crippen LogP contribution in [0.3, 0.4) is 0 Å². The van der Waals surface area contributed by atoms with Gasteiger partial charge >= 0.3 is 0 Å². The second-order valence-electron chi connectivity index (χ2n) is 4.49. The van der Waals surface area contributed by atoms with E-state index in [2.05, 4.69) is 5.32 Å². The van der Waals surface area contributed by atoms with Gasteiger partial charge in [-0.25, -0.2) is 4.39 Å². The quantitative estimate of drug-likeness (QED) is 0.685. The van der Waals surface area contributed by atoms with Gasteiger partial charge in [-0.2, -0.15) is 5.26 Å². The van der Waals surface area contributed by atoms with Gasteiger partial charge in [0.15, 0.2) is 0 Å². The van der Waals surface area contributed by atoms with E-state index >= 15 is 0 Å². The van der Waals surface area contributed by atoms with Crippen LogP contribution in [0.1, 0.15) is 24.1 Å². The van der Waals surface area contributed by atoms with Crippen LogP contribution in [-0.4, -0.2) is 4.92 Å². The largest absolute Gasteiger partial charge is 0.377 e. The summed E-state index contributed by atoms with van der Waals surface area (Å²) in [4.78, 5) is 10.1. The highest BCUT2D eigenvalue weighted by Crippen LogP contribution is 2.26. The molecule has 0 bridgehead atoms. The van der Waals surface area contributed by atoms with Crippen LogP contribution in [0.4, 0.5) is 15.8 Å². The molecule has 1 atom stereocenters. The smallest absolute Gasteiger partial charge is 0.270 e. The molecule has 0 aliphatic heterocycles. The van der Waals surface area contributed by atoms with Crippen molar-refractivity contribution < 1.29 is 9.31 Å². The van der Waals surface area contributed by atoms with Gasteiger partial charge in [0, 0.05) is 17.7 Å². The third kappa shape index (κ3) is 3.15. The highest BCUT2D eigenvalue weighted by atomic mass is 19.1. The van der Waals surface area contributed by atoms with Crippen LogP contribution in [-0.2, 0) is 0 Å². The van der Waals surface area contributed by atoms with Crippen LogP contribution in [0, 0.1) is 27.3 Å². The highest BCUT2D eigenvalue weighted by Gasteiger charge is 2.14. The van der Waals surface area contributed by atoms with Crippen LogP contribution >= 0.6 is 0 Å². The monoisotopic (exact) mass is 285 g/mol. The van der Waals surface area contributed by atoms with E-state index in [1.165, 1.54) is 24.3 Å². The maximum atomic E-state index is 13.7. The lowest BCUT2D eigenvalue weighted by Crippen LogP contribution is -2.09. The van der Waals surface area contributed by atoms with Gasteiger partial charge in [-0.1, -0.05) is 18.2 Å². The number of anilines is 1. The van der Waals surface area contributed by atoms with Gasteiger partial charge in [0.2, 0.25) is 0 Å². The highest BCUT2D eigenvalue weighted by molar-refractivity contribution is 5.62. The molecule has 0 aromatic heterocycles. The maximum Gasteiger partial charge on any atom is 0.270 e. The first-order chi connectivity index (χ1) is 10.0. The van der Waals surface area contributed by atoms with Crippen molar-refractivity contribution >= 4 is 11.4 Å². The lowest BCUT2D eigenvalue weighted by atomic mass is 10.1. The Morgan fingerprint density at radius 3 is 2.67 bits per heavy atom. The Labute approximate surface area is 120 Å². The van der Waals surface area contributed by atoms with Gasteiger partial charge in [0.25, 0.3) is 5.69 Å². The first-order valence-corrected chi connectivity index (χ1v) is 6.22. The number of non-ortho nitro benzene ring substituents is 1. The standard InChI is InChI=1S/C15H12FN3O2/c1-10(13-4-2-3-5-14(13)16)18-15-7-6-12(19(20)21)8-11(15)9-17/h2-8,10,18H,1H3. The number of benzene rings is 2. The minimum atomic E-state index is -0.565. The van der Waals surface area contributed by atoms with E-state index in [9.17, 15) is 14.5 Å². The van der Waals surface area contributed by atoms with Crippen LogP contribution in [0.5, 0.6) is 0 Å². The van der Waals surface area contributed by atoms with Crippen molar-refractivity contribution in [3.05, 3.63) is 69.5 Å². The van der Waals surface area contributed by atoms with Crippen molar-refractivity contribution in [2.24, 2.45) is 0 Å². The summed E-state index contributed by atoms with van der Waals surface area (Å²) in [6.07, 6.45) is 0. The average molecular weight is 285 g/mol. The van der Waals surface area contributed by atoms with Crippen molar-refractivity contribution in [1.29, 1.82) is 5.26 Å². The summed E-state index contributed by atoms with van der Waals surface area (Å²) in [6.45, 7) is 1.75. The van der Waals surface area contributed by atoms with Crippen molar-refractivity contribution in [2.45, 2.75) is 13.0 Å². The van der Waals surface area contributed by atoms with Gasteiger partial charge in [-0.3, -0.25) is 10.1 Å². The molecular formula is C15H12FN3O2. The third-order valence-electron chi connectivity index (χ3n) is 3.08. The van der Waals surface area contributed by atoms with Crippen molar-refractivity contribution in [1.82, 2.24) is 0 Å². The zero-order valence-corrected chi connectivity index (χ0v) is 11.2. The van der Waals surface area contributed by atoms with Gasteiger partial charge in [0.05, 0.1) is 22.2 Å². The molecule has 1 unspecified atom stereocenters. The molecule has 0 heterocycles.